The zero-order valence-electron chi connectivity index (χ0n) is 16.9. The van der Waals surface area contributed by atoms with Crippen molar-refractivity contribution in [3.63, 3.8) is 0 Å². The Morgan fingerprint density at radius 2 is 1.89 bits per heavy atom. The van der Waals surface area contributed by atoms with E-state index in [1.54, 1.807) is 27.2 Å². The first kappa shape index (κ1) is 21.7. The number of fused-ring (bicyclic) bond motifs is 1. The summed E-state index contributed by atoms with van der Waals surface area (Å²) in [5.74, 6) is 0.813. The van der Waals surface area contributed by atoms with Gasteiger partial charge in [0.15, 0.2) is 18.3 Å². The summed E-state index contributed by atoms with van der Waals surface area (Å²) >= 11 is 0. The maximum absolute atomic E-state index is 11.8. The normalized spacial score (nSPS) is 11.1. The fourth-order valence-electron chi connectivity index (χ4n) is 2.90. The minimum absolute atomic E-state index is 0.103. The summed E-state index contributed by atoms with van der Waals surface area (Å²) in [5.41, 5.74) is 1.96. The number of hydrogen-bond donors (Lipinski definition) is 0. The highest BCUT2D eigenvalue weighted by Crippen LogP contribution is 2.41. The van der Waals surface area contributed by atoms with Crippen molar-refractivity contribution in [2.24, 2.45) is 0 Å². The van der Waals surface area contributed by atoms with Gasteiger partial charge in [0.1, 0.15) is 6.61 Å². The second kappa shape index (κ2) is 11.3. The molecule has 0 saturated heterocycles. The van der Waals surface area contributed by atoms with Crippen LogP contribution in [0.3, 0.4) is 0 Å². The summed E-state index contributed by atoms with van der Waals surface area (Å²) in [6.07, 6.45) is 3.98. The molecule has 0 radical (unpaired) electrons. The van der Waals surface area contributed by atoms with E-state index in [9.17, 15) is 4.79 Å². The van der Waals surface area contributed by atoms with Crippen LogP contribution < -0.4 is 9.47 Å². The van der Waals surface area contributed by atoms with Gasteiger partial charge < -0.3 is 23.7 Å². The Morgan fingerprint density at radius 3 is 2.57 bits per heavy atom. The van der Waals surface area contributed by atoms with Gasteiger partial charge in [0.25, 0.3) is 0 Å². The second-order valence-corrected chi connectivity index (χ2v) is 5.96. The smallest absolute Gasteiger partial charge is 0.330 e. The van der Waals surface area contributed by atoms with Gasteiger partial charge in [-0.3, -0.25) is 0 Å². The molecule has 152 valence electrons. The summed E-state index contributed by atoms with van der Waals surface area (Å²) in [4.78, 5) is 11.8. The highest BCUT2D eigenvalue weighted by molar-refractivity contribution is 6.01. The Morgan fingerprint density at radius 1 is 1.07 bits per heavy atom. The summed E-state index contributed by atoms with van der Waals surface area (Å²) in [6.45, 7) is 5.12. The highest BCUT2D eigenvalue weighted by Gasteiger charge is 2.17. The van der Waals surface area contributed by atoms with Crippen LogP contribution in [0.4, 0.5) is 0 Å². The monoisotopic (exact) mass is 388 g/mol. The molecule has 6 heteroatoms. The van der Waals surface area contributed by atoms with E-state index in [-0.39, 0.29) is 12.8 Å². The van der Waals surface area contributed by atoms with Crippen molar-refractivity contribution in [1.82, 2.24) is 0 Å². The first-order valence-corrected chi connectivity index (χ1v) is 9.33. The van der Waals surface area contributed by atoms with E-state index in [0.717, 1.165) is 28.3 Å². The van der Waals surface area contributed by atoms with Crippen molar-refractivity contribution in [2.45, 2.75) is 20.3 Å². The van der Waals surface area contributed by atoms with E-state index in [1.165, 1.54) is 6.08 Å². The number of esters is 1. The molecule has 28 heavy (non-hydrogen) atoms. The number of carbonyl (C=O) groups excluding carboxylic acids is 1. The van der Waals surface area contributed by atoms with Gasteiger partial charge in [-0.05, 0) is 42.0 Å². The van der Waals surface area contributed by atoms with Crippen LogP contribution in [-0.2, 0) is 25.4 Å². The molecule has 0 N–H and O–H groups in total. The summed E-state index contributed by atoms with van der Waals surface area (Å²) in [5, 5.41) is 1.91. The van der Waals surface area contributed by atoms with Crippen molar-refractivity contribution < 1.29 is 28.5 Å². The molecular weight excluding hydrogens is 360 g/mol. The lowest BCUT2D eigenvalue weighted by molar-refractivity contribution is -0.137. The lowest BCUT2D eigenvalue weighted by Crippen LogP contribution is -2.08. The molecule has 0 aromatic heterocycles. The van der Waals surface area contributed by atoms with E-state index in [0.29, 0.717) is 31.3 Å². The van der Waals surface area contributed by atoms with Gasteiger partial charge in [-0.1, -0.05) is 25.1 Å². The maximum atomic E-state index is 11.8. The number of aryl methyl sites for hydroxylation is 1. The Labute approximate surface area is 166 Å². The number of hydrogen-bond acceptors (Lipinski definition) is 6. The third-order valence-electron chi connectivity index (χ3n) is 4.13. The predicted octanol–water partition coefficient (Wildman–Crippen LogP) is 3.99. The topological polar surface area (TPSA) is 63.2 Å². The zero-order chi connectivity index (χ0) is 20.4. The van der Waals surface area contributed by atoms with Crippen molar-refractivity contribution in [2.75, 3.05) is 40.8 Å². The van der Waals surface area contributed by atoms with E-state index < -0.39 is 0 Å². The number of carbonyl (C=O) groups is 1. The van der Waals surface area contributed by atoms with Crippen LogP contribution in [0.25, 0.3) is 16.8 Å². The van der Waals surface area contributed by atoms with E-state index in [1.807, 2.05) is 18.2 Å². The molecule has 2 aromatic carbocycles. The summed E-state index contributed by atoms with van der Waals surface area (Å²) < 4.78 is 27.0. The first-order valence-electron chi connectivity index (χ1n) is 9.33. The fourth-order valence-corrected chi connectivity index (χ4v) is 2.90. The Kier molecular flexibility index (Phi) is 8.78. The van der Waals surface area contributed by atoms with E-state index >= 15 is 0 Å². The molecule has 0 saturated carbocycles. The summed E-state index contributed by atoms with van der Waals surface area (Å²) in [7, 11) is 3.19. The molecule has 0 aliphatic carbocycles. The van der Waals surface area contributed by atoms with Crippen LogP contribution in [0.15, 0.2) is 30.3 Å². The third kappa shape index (κ3) is 5.47. The van der Waals surface area contributed by atoms with Crippen molar-refractivity contribution >= 4 is 22.8 Å². The molecule has 0 atom stereocenters. The second-order valence-electron chi connectivity index (χ2n) is 5.96. The predicted molar refractivity (Wildman–Crippen MR) is 109 cm³/mol. The Hall–Kier alpha value is -2.57. The van der Waals surface area contributed by atoms with Gasteiger partial charge in [0.2, 0.25) is 0 Å². The molecule has 0 aliphatic heterocycles. The van der Waals surface area contributed by atoms with Gasteiger partial charge in [-0.25, -0.2) is 4.79 Å². The van der Waals surface area contributed by atoms with Crippen LogP contribution in [0.2, 0.25) is 0 Å². The maximum Gasteiger partial charge on any atom is 0.330 e. The molecule has 0 fully saturated rings. The van der Waals surface area contributed by atoms with Crippen LogP contribution in [0, 0.1) is 0 Å². The van der Waals surface area contributed by atoms with Crippen LogP contribution >= 0.6 is 0 Å². The van der Waals surface area contributed by atoms with Gasteiger partial charge in [0, 0.05) is 25.7 Å². The average molecular weight is 388 g/mol. The minimum atomic E-state index is -0.385. The number of rotatable bonds is 11. The van der Waals surface area contributed by atoms with Crippen molar-refractivity contribution in [1.29, 1.82) is 0 Å². The SMILES string of the molecule is CCOC(=O)/C=C/c1cc(OCCOC)c(OCOC)c2c(CC)cccc12. The van der Waals surface area contributed by atoms with Crippen molar-refractivity contribution in [3.05, 3.63) is 41.5 Å². The number of ether oxygens (including phenoxy) is 5. The Bertz CT molecular complexity index is 812. The van der Waals surface area contributed by atoms with E-state index in [4.69, 9.17) is 23.7 Å². The van der Waals surface area contributed by atoms with Gasteiger partial charge >= 0.3 is 5.97 Å². The number of benzene rings is 2. The molecule has 0 bridgehead atoms. The lowest BCUT2D eigenvalue weighted by Gasteiger charge is -2.18. The average Bonchev–Trinajstić information content (AvgIpc) is 2.71. The molecule has 0 spiro atoms. The minimum Gasteiger partial charge on any atom is -0.487 e. The van der Waals surface area contributed by atoms with Crippen LogP contribution in [0.1, 0.15) is 25.0 Å². The number of methoxy groups -OCH3 is 2. The quantitative estimate of drug-likeness (QED) is 0.251. The van der Waals surface area contributed by atoms with Gasteiger partial charge in [-0.15, -0.1) is 0 Å². The molecule has 2 rings (SSSR count). The zero-order valence-corrected chi connectivity index (χ0v) is 16.9. The molecule has 0 unspecified atom stereocenters. The molecule has 2 aromatic rings. The standard InChI is InChI=1S/C22H28O6/c1-5-16-8-7-9-18-17(10-11-20(23)26-6-2)14-19(27-13-12-24-3)22(21(16)18)28-15-25-4/h7-11,14H,5-6,12-13,15H2,1-4H3/b11-10+. The largest absolute Gasteiger partial charge is 0.487 e. The Balaban J connectivity index is 2.62. The summed E-state index contributed by atoms with van der Waals surface area (Å²) in [6, 6.07) is 7.91. The van der Waals surface area contributed by atoms with E-state index in [2.05, 4.69) is 13.0 Å². The molecule has 0 aliphatic rings. The molecule has 0 heterocycles. The third-order valence-corrected chi connectivity index (χ3v) is 4.13. The lowest BCUT2D eigenvalue weighted by atomic mass is 9.96. The molecule has 0 amide bonds. The first-order chi connectivity index (χ1) is 13.7. The molecule has 6 nitrogen and oxygen atoms in total. The van der Waals surface area contributed by atoms with Crippen LogP contribution in [-0.4, -0.2) is 46.8 Å². The fraction of sp³-hybridized carbons (Fsp3) is 0.409. The van der Waals surface area contributed by atoms with Gasteiger partial charge in [-0.2, -0.15) is 0 Å². The van der Waals surface area contributed by atoms with Gasteiger partial charge in [0.05, 0.1) is 13.2 Å². The van der Waals surface area contributed by atoms with Crippen molar-refractivity contribution in [3.8, 4) is 11.5 Å². The highest BCUT2D eigenvalue weighted by atomic mass is 16.7. The molecular formula is C22H28O6. The van der Waals surface area contributed by atoms with Crippen LogP contribution in [0.5, 0.6) is 11.5 Å².